The van der Waals surface area contributed by atoms with Crippen molar-refractivity contribution in [2.24, 2.45) is 5.92 Å². The molecule has 1 unspecified atom stereocenters. The Hall–Kier alpha value is -0.550. The molecular formula is C15H30N2. The van der Waals surface area contributed by atoms with Crippen molar-refractivity contribution >= 4 is 0 Å². The molecule has 0 aromatic carbocycles. The molecule has 1 N–H and O–H groups in total. The lowest BCUT2D eigenvalue weighted by Crippen LogP contribution is -2.30. The van der Waals surface area contributed by atoms with Crippen LogP contribution in [-0.2, 0) is 0 Å². The van der Waals surface area contributed by atoms with Gasteiger partial charge in [0.2, 0.25) is 0 Å². The fourth-order valence-electron chi connectivity index (χ4n) is 1.90. The molecule has 2 heteroatoms. The normalized spacial score (nSPS) is 12.6. The Morgan fingerprint density at radius 2 is 1.59 bits per heavy atom. The van der Waals surface area contributed by atoms with Gasteiger partial charge in [0, 0.05) is 0 Å². The van der Waals surface area contributed by atoms with Crippen LogP contribution in [0.1, 0.15) is 72.1 Å². The van der Waals surface area contributed by atoms with Gasteiger partial charge in [-0.25, -0.2) is 0 Å². The first-order chi connectivity index (χ1) is 8.20. The summed E-state index contributed by atoms with van der Waals surface area (Å²) in [5.41, 5.74) is 0. The van der Waals surface area contributed by atoms with E-state index >= 15 is 0 Å². The first-order valence-electron chi connectivity index (χ1n) is 7.33. The van der Waals surface area contributed by atoms with Crippen molar-refractivity contribution in [1.82, 2.24) is 5.32 Å². The molecule has 0 aliphatic rings. The minimum atomic E-state index is 0.0630. The fourth-order valence-corrected chi connectivity index (χ4v) is 1.90. The van der Waals surface area contributed by atoms with E-state index in [4.69, 9.17) is 5.26 Å². The van der Waals surface area contributed by atoms with Crippen LogP contribution in [0.3, 0.4) is 0 Å². The molecule has 0 aliphatic heterocycles. The van der Waals surface area contributed by atoms with Crippen LogP contribution in [0.25, 0.3) is 0 Å². The van der Waals surface area contributed by atoms with Crippen LogP contribution in [0.15, 0.2) is 0 Å². The standard InChI is InChI=1S/C15H30N2/c1-4-5-6-7-8-9-10-11-15(12-16)17-13-14(2)3/h14-15,17H,4-11,13H2,1-3H3. The van der Waals surface area contributed by atoms with Crippen molar-refractivity contribution in [1.29, 1.82) is 5.26 Å². The zero-order valence-electron chi connectivity index (χ0n) is 12.0. The Morgan fingerprint density at radius 3 is 2.12 bits per heavy atom. The molecule has 0 heterocycles. The SMILES string of the molecule is CCCCCCCCCC(C#N)NCC(C)C. The molecule has 0 spiro atoms. The van der Waals surface area contributed by atoms with Gasteiger partial charge in [-0.3, -0.25) is 0 Å². The molecule has 2 nitrogen and oxygen atoms in total. The molecule has 0 rings (SSSR count). The Morgan fingerprint density at radius 1 is 1.00 bits per heavy atom. The predicted octanol–water partition coefficient (Wildman–Crippen LogP) is 4.26. The van der Waals surface area contributed by atoms with E-state index in [9.17, 15) is 0 Å². The van der Waals surface area contributed by atoms with E-state index in [1.165, 1.54) is 44.9 Å². The highest BCUT2D eigenvalue weighted by Gasteiger charge is 2.06. The minimum absolute atomic E-state index is 0.0630. The molecule has 0 bridgehead atoms. The van der Waals surface area contributed by atoms with Crippen molar-refractivity contribution in [2.75, 3.05) is 6.54 Å². The average Bonchev–Trinajstić information content (AvgIpc) is 2.31. The zero-order valence-corrected chi connectivity index (χ0v) is 12.0. The van der Waals surface area contributed by atoms with Crippen LogP contribution >= 0.6 is 0 Å². The molecule has 0 aromatic rings. The lowest BCUT2D eigenvalue weighted by Gasteiger charge is -2.13. The van der Waals surface area contributed by atoms with Gasteiger partial charge in [0.05, 0.1) is 12.1 Å². The summed E-state index contributed by atoms with van der Waals surface area (Å²) in [6.45, 7) is 7.55. The Labute approximate surface area is 108 Å². The van der Waals surface area contributed by atoms with E-state index in [-0.39, 0.29) is 6.04 Å². The quantitative estimate of drug-likeness (QED) is 0.546. The molecule has 0 aliphatic carbocycles. The largest absolute Gasteiger partial charge is 0.302 e. The van der Waals surface area contributed by atoms with Gasteiger partial charge in [-0.15, -0.1) is 0 Å². The number of unbranched alkanes of at least 4 members (excludes halogenated alkanes) is 6. The molecule has 0 saturated heterocycles. The summed E-state index contributed by atoms with van der Waals surface area (Å²) in [5.74, 6) is 0.625. The second-order valence-corrected chi connectivity index (χ2v) is 5.39. The van der Waals surface area contributed by atoms with Crippen molar-refractivity contribution < 1.29 is 0 Å². The molecule has 0 saturated carbocycles. The molecule has 0 aromatic heterocycles. The van der Waals surface area contributed by atoms with E-state index in [2.05, 4.69) is 32.2 Å². The highest BCUT2D eigenvalue weighted by molar-refractivity contribution is 4.89. The molecule has 0 radical (unpaired) electrons. The van der Waals surface area contributed by atoms with Gasteiger partial charge >= 0.3 is 0 Å². The summed E-state index contributed by atoms with van der Waals surface area (Å²) < 4.78 is 0. The second-order valence-electron chi connectivity index (χ2n) is 5.39. The number of nitriles is 1. The first-order valence-corrected chi connectivity index (χ1v) is 7.33. The monoisotopic (exact) mass is 238 g/mol. The Kier molecular flexibility index (Phi) is 11.5. The van der Waals surface area contributed by atoms with Crippen molar-refractivity contribution in [3.05, 3.63) is 0 Å². The summed E-state index contributed by atoms with van der Waals surface area (Å²) in [6.07, 6.45) is 10.3. The van der Waals surface area contributed by atoms with Crippen LogP contribution in [-0.4, -0.2) is 12.6 Å². The van der Waals surface area contributed by atoms with E-state index in [0.29, 0.717) is 5.92 Å². The van der Waals surface area contributed by atoms with Gasteiger partial charge in [0.15, 0.2) is 0 Å². The van der Waals surface area contributed by atoms with E-state index in [0.717, 1.165) is 13.0 Å². The maximum absolute atomic E-state index is 9.00. The second kappa shape index (κ2) is 11.9. The number of nitrogens with zero attached hydrogens (tertiary/aromatic N) is 1. The van der Waals surface area contributed by atoms with Crippen LogP contribution in [0.4, 0.5) is 0 Å². The van der Waals surface area contributed by atoms with Crippen LogP contribution in [0, 0.1) is 17.2 Å². The summed E-state index contributed by atoms with van der Waals surface area (Å²) in [4.78, 5) is 0. The summed E-state index contributed by atoms with van der Waals surface area (Å²) in [6, 6.07) is 2.42. The van der Waals surface area contributed by atoms with Gasteiger partial charge in [0.25, 0.3) is 0 Å². The fraction of sp³-hybridized carbons (Fsp3) is 0.933. The van der Waals surface area contributed by atoms with Gasteiger partial charge in [-0.05, 0) is 18.9 Å². The van der Waals surface area contributed by atoms with Gasteiger partial charge in [-0.2, -0.15) is 5.26 Å². The molecule has 17 heavy (non-hydrogen) atoms. The van der Waals surface area contributed by atoms with Gasteiger partial charge < -0.3 is 5.32 Å². The average molecular weight is 238 g/mol. The summed E-state index contributed by atoms with van der Waals surface area (Å²) in [7, 11) is 0. The topological polar surface area (TPSA) is 35.8 Å². The van der Waals surface area contributed by atoms with E-state index < -0.39 is 0 Å². The third-order valence-corrected chi connectivity index (χ3v) is 3.02. The molecule has 1 atom stereocenters. The molecule has 0 amide bonds. The number of hydrogen-bond acceptors (Lipinski definition) is 2. The van der Waals surface area contributed by atoms with Crippen LogP contribution < -0.4 is 5.32 Å². The van der Waals surface area contributed by atoms with Crippen molar-refractivity contribution in [2.45, 2.75) is 78.2 Å². The number of rotatable bonds is 11. The van der Waals surface area contributed by atoms with Crippen LogP contribution in [0.2, 0.25) is 0 Å². The zero-order chi connectivity index (χ0) is 12.9. The summed E-state index contributed by atoms with van der Waals surface area (Å²) in [5, 5.41) is 12.3. The minimum Gasteiger partial charge on any atom is -0.302 e. The molecule has 0 fully saturated rings. The first kappa shape index (κ1) is 16.4. The maximum atomic E-state index is 9.00. The van der Waals surface area contributed by atoms with Gasteiger partial charge in [0.1, 0.15) is 0 Å². The summed E-state index contributed by atoms with van der Waals surface area (Å²) >= 11 is 0. The van der Waals surface area contributed by atoms with Crippen molar-refractivity contribution in [3.63, 3.8) is 0 Å². The number of nitrogens with one attached hydrogen (secondary N) is 1. The third-order valence-electron chi connectivity index (χ3n) is 3.02. The van der Waals surface area contributed by atoms with Crippen LogP contribution in [0.5, 0.6) is 0 Å². The molecular weight excluding hydrogens is 208 g/mol. The van der Waals surface area contributed by atoms with E-state index in [1.54, 1.807) is 0 Å². The highest BCUT2D eigenvalue weighted by Crippen LogP contribution is 2.09. The van der Waals surface area contributed by atoms with Gasteiger partial charge in [-0.1, -0.05) is 65.7 Å². The third kappa shape index (κ3) is 11.7. The smallest absolute Gasteiger partial charge is 0.0953 e. The highest BCUT2D eigenvalue weighted by atomic mass is 14.9. The molecule has 100 valence electrons. The Balaban J connectivity index is 3.35. The Bertz CT molecular complexity index is 194. The van der Waals surface area contributed by atoms with E-state index in [1.807, 2.05) is 0 Å². The predicted molar refractivity (Wildman–Crippen MR) is 74.9 cm³/mol. The van der Waals surface area contributed by atoms with Crippen molar-refractivity contribution in [3.8, 4) is 6.07 Å². The lowest BCUT2D eigenvalue weighted by atomic mass is 10.1. The number of hydrogen-bond donors (Lipinski definition) is 1. The lowest BCUT2D eigenvalue weighted by molar-refractivity contribution is 0.474. The maximum Gasteiger partial charge on any atom is 0.0953 e.